The lowest BCUT2D eigenvalue weighted by Gasteiger charge is -2.01. The second-order valence-electron chi connectivity index (χ2n) is 2.75. The molecule has 0 spiro atoms. The fourth-order valence-corrected chi connectivity index (χ4v) is 1.23. The zero-order valence-corrected chi connectivity index (χ0v) is 8.21. The lowest BCUT2D eigenvalue weighted by Crippen LogP contribution is -1.92. The predicted molar refractivity (Wildman–Crippen MR) is 54.7 cm³/mol. The third kappa shape index (κ3) is 2.23. The van der Waals surface area contributed by atoms with E-state index in [1.165, 1.54) is 0 Å². The first-order valence-electron chi connectivity index (χ1n) is 4.20. The number of hydrogen-bond acceptors (Lipinski definition) is 3. The molecule has 1 heterocycles. The van der Waals surface area contributed by atoms with Crippen molar-refractivity contribution in [2.24, 2.45) is 0 Å². The minimum Gasteiger partial charge on any atom is -0.486 e. The SMILES string of the molecule is S=c1[nH]cc(COc2ccccc2)o1. The zero-order valence-electron chi connectivity index (χ0n) is 7.40. The summed E-state index contributed by atoms with van der Waals surface area (Å²) in [6.45, 7) is 0.386. The summed E-state index contributed by atoms with van der Waals surface area (Å²) < 4.78 is 10.6. The van der Waals surface area contributed by atoms with Gasteiger partial charge in [0, 0.05) is 6.20 Å². The lowest BCUT2D eigenvalue weighted by molar-refractivity contribution is 0.268. The molecule has 1 N–H and O–H groups in total. The van der Waals surface area contributed by atoms with Crippen LogP contribution in [0.25, 0.3) is 0 Å². The molecule has 72 valence electrons. The quantitative estimate of drug-likeness (QED) is 0.786. The van der Waals surface area contributed by atoms with Gasteiger partial charge in [-0.2, -0.15) is 0 Å². The average molecular weight is 207 g/mol. The monoisotopic (exact) mass is 207 g/mol. The molecule has 0 fully saturated rings. The molecule has 0 aliphatic rings. The summed E-state index contributed by atoms with van der Waals surface area (Å²) in [5.74, 6) is 1.51. The molecule has 0 unspecified atom stereocenters. The molecular formula is C10H9NO2S. The van der Waals surface area contributed by atoms with Gasteiger partial charge in [-0.15, -0.1) is 0 Å². The van der Waals surface area contributed by atoms with Crippen molar-refractivity contribution < 1.29 is 9.15 Å². The summed E-state index contributed by atoms with van der Waals surface area (Å²) in [5, 5.41) is 0. The van der Waals surface area contributed by atoms with E-state index in [0.29, 0.717) is 17.2 Å². The molecule has 0 bridgehead atoms. The van der Waals surface area contributed by atoms with Crippen molar-refractivity contribution in [1.82, 2.24) is 4.98 Å². The standard InChI is InChI=1S/C10H9NO2S/c14-10-11-6-9(13-10)7-12-8-4-2-1-3-5-8/h1-6H,7H2,(H,11,14). The first-order chi connectivity index (χ1) is 6.84. The Bertz CT molecular complexity index is 446. The summed E-state index contributed by atoms with van der Waals surface area (Å²) in [6.07, 6.45) is 1.70. The molecule has 1 aromatic carbocycles. The number of benzene rings is 1. The van der Waals surface area contributed by atoms with Gasteiger partial charge in [-0.3, -0.25) is 0 Å². The van der Waals surface area contributed by atoms with Crippen LogP contribution in [-0.4, -0.2) is 4.98 Å². The second kappa shape index (κ2) is 4.11. The number of nitrogens with one attached hydrogen (secondary N) is 1. The highest BCUT2D eigenvalue weighted by atomic mass is 32.1. The topological polar surface area (TPSA) is 38.2 Å². The summed E-state index contributed by atoms with van der Waals surface area (Å²) in [5.41, 5.74) is 0. The Balaban J connectivity index is 1.98. The van der Waals surface area contributed by atoms with E-state index in [4.69, 9.17) is 21.4 Å². The van der Waals surface area contributed by atoms with E-state index in [1.807, 2.05) is 30.3 Å². The van der Waals surface area contributed by atoms with Crippen LogP contribution in [0.1, 0.15) is 5.76 Å². The summed E-state index contributed by atoms with van der Waals surface area (Å²) >= 11 is 4.79. The fourth-order valence-electron chi connectivity index (χ4n) is 1.06. The number of aromatic nitrogens is 1. The maximum Gasteiger partial charge on any atom is 0.266 e. The molecule has 0 saturated heterocycles. The number of para-hydroxylation sites is 1. The third-order valence-corrected chi connectivity index (χ3v) is 1.90. The number of aromatic amines is 1. The highest BCUT2D eigenvalue weighted by molar-refractivity contribution is 7.71. The molecule has 0 aliphatic heterocycles. The van der Waals surface area contributed by atoms with Crippen molar-refractivity contribution in [3.8, 4) is 5.75 Å². The van der Waals surface area contributed by atoms with Crippen LogP contribution < -0.4 is 4.74 Å². The minimum absolute atomic E-state index is 0.372. The van der Waals surface area contributed by atoms with Crippen molar-refractivity contribution in [1.29, 1.82) is 0 Å². The van der Waals surface area contributed by atoms with Crippen LogP contribution in [0.3, 0.4) is 0 Å². The average Bonchev–Trinajstić information content (AvgIpc) is 2.63. The van der Waals surface area contributed by atoms with Gasteiger partial charge in [0.2, 0.25) is 0 Å². The Morgan fingerprint density at radius 1 is 1.29 bits per heavy atom. The maximum atomic E-state index is 5.45. The Labute approximate surface area is 86.3 Å². The van der Waals surface area contributed by atoms with E-state index >= 15 is 0 Å². The Morgan fingerprint density at radius 2 is 2.07 bits per heavy atom. The van der Waals surface area contributed by atoms with Gasteiger partial charge in [-0.25, -0.2) is 0 Å². The van der Waals surface area contributed by atoms with Crippen molar-refractivity contribution in [2.75, 3.05) is 0 Å². The first-order valence-corrected chi connectivity index (χ1v) is 4.61. The van der Waals surface area contributed by atoms with Gasteiger partial charge in [0.15, 0.2) is 5.76 Å². The molecule has 4 heteroatoms. The number of ether oxygens (including phenoxy) is 1. The molecule has 0 amide bonds. The van der Waals surface area contributed by atoms with Gasteiger partial charge < -0.3 is 14.1 Å². The highest BCUT2D eigenvalue weighted by Crippen LogP contribution is 2.11. The molecule has 0 atom stereocenters. The van der Waals surface area contributed by atoms with Crippen molar-refractivity contribution in [3.05, 3.63) is 47.1 Å². The zero-order chi connectivity index (χ0) is 9.80. The van der Waals surface area contributed by atoms with E-state index in [-0.39, 0.29) is 0 Å². The van der Waals surface area contributed by atoms with E-state index < -0.39 is 0 Å². The highest BCUT2D eigenvalue weighted by Gasteiger charge is 1.97. The molecule has 0 radical (unpaired) electrons. The third-order valence-electron chi connectivity index (χ3n) is 1.70. The number of hydrogen-bond donors (Lipinski definition) is 1. The van der Waals surface area contributed by atoms with Gasteiger partial charge in [-0.1, -0.05) is 18.2 Å². The smallest absolute Gasteiger partial charge is 0.266 e. The van der Waals surface area contributed by atoms with Crippen LogP contribution >= 0.6 is 12.2 Å². The van der Waals surface area contributed by atoms with Gasteiger partial charge in [0.1, 0.15) is 12.4 Å². The molecule has 1 aromatic heterocycles. The van der Waals surface area contributed by atoms with E-state index in [9.17, 15) is 0 Å². The van der Waals surface area contributed by atoms with Crippen LogP contribution in [0.5, 0.6) is 5.75 Å². The molecule has 14 heavy (non-hydrogen) atoms. The summed E-state index contributed by atoms with van der Waals surface area (Å²) in [7, 11) is 0. The first kappa shape index (κ1) is 9.02. The molecule has 3 nitrogen and oxygen atoms in total. The maximum absolute atomic E-state index is 5.45. The Morgan fingerprint density at radius 3 is 2.71 bits per heavy atom. The number of H-pyrrole nitrogens is 1. The van der Waals surface area contributed by atoms with E-state index in [1.54, 1.807) is 6.20 Å². The summed E-state index contributed by atoms with van der Waals surface area (Å²) in [6, 6.07) is 9.56. The van der Waals surface area contributed by atoms with Crippen LogP contribution in [0.15, 0.2) is 40.9 Å². The summed E-state index contributed by atoms with van der Waals surface area (Å²) in [4.78, 5) is 3.14. The van der Waals surface area contributed by atoms with Crippen molar-refractivity contribution in [2.45, 2.75) is 6.61 Å². The van der Waals surface area contributed by atoms with Crippen LogP contribution in [-0.2, 0) is 6.61 Å². The lowest BCUT2D eigenvalue weighted by atomic mass is 10.3. The van der Waals surface area contributed by atoms with Crippen molar-refractivity contribution in [3.63, 3.8) is 0 Å². The minimum atomic E-state index is 0.372. The molecule has 2 aromatic rings. The van der Waals surface area contributed by atoms with Gasteiger partial charge in [-0.05, 0) is 24.4 Å². The Kier molecular flexibility index (Phi) is 2.65. The predicted octanol–water partition coefficient (Wildman–Crippen LogP) is 2.92. The van der Waals surface area contributed by atoms with Crippen molar-refractivity contribution >= 4 is 12.2 Å². The molecule has 0 aliphatic carbocycles. The van der Waals surface area contributed by atoms with Crippen LogP contribution in [0.4, 0.5) is 0 Å². The normalized spacial score (nSPS) is 10.0. The number of rotatable bonds is 3. The fraction of sp³-hybridized carbons (Fsp3) is 0.100. The number of oxazole rings is 1. The van der Waals surface area contributed by atoms with Gasteiger partial charge in [0.05, 0.1) is 0 Å². The van der Waals surface area contributed by atoms with Gasteiger partial charge in [0.25, 0.3) is 4.84 Å². The molecule has 2 rings (SSSR count). The van der Waals surface area contributed by atoms with Gasteiger partial charge >= 0.3 is 0 Å². The van der Waals surface area contributed by atoms with E-state index in [2.05, 4.69) is 4.98 Å². The Hall–Kier alpha value is -1.55. The van der Waals surface area contributed by atoms with E-state index in [0.717, 1.165) is 5.75 Å². The molecular weight excluding hydrogens is 198 g/mol. The van der Waals surface area contributed by atoms with Crippen LogP contribution in [0.2, 0.25) is 0 Å². The largest absolute Gasteiger partial charge is 0.486 e. The second-order valence-corrected chi connectivity index (χ2v) is 3.12. The van der Waals surface area contributed by atoms with Crippen LogP contribution in [0, 0.1) is 4.84 Å². The molecule has 0 saturated carbocycles.